The fourth-order valence-corrected chi connectivity index (χ4v) is 1.99. The Morgan fingerprint density at radius 3 is 2.89 bits per heavy atom. The summed E-state index contributed by atoms with van der Waals surface area (Å²) in [6.45, 7) is 3.74. The molecular formula is C14H15N3O. The first-order valence-electron chi connectivity index (χ1n) is 5.92. The molecule has 0 amide bonds. The molecule has 0 aliphatic carbocycles. The standard InChI is InChI=1S/C14H15N3O/c1-3-14-16-6-7-17(14)13-8-11(9-15)4-5-12(13)10(2)18/h4-8,10,18H,3H2,1-2H3/t10-/m0/s1. The molecule has 1 N–H and O–H groups in total. The maximum absolute atomic E-state index is 9.81. The van der Waals surface area contributed by atoms with Crippen molar-refractivity contribution in [2.45, 2.75) is 26.4 Å². The van der Waals surface area contributed by atoms with E-state index in [1.165, 1.54) is 0 Å². The van der Waals surface area contributed by atoms with Crippen molar-refractivity contribution in [3.05, 3.63) is 47.5 Å². The number of rotatable bonds is 3. The zero-order valence-electron chi connectivity index (χ0n) is 10.5. The summed E-state index contributed by atoms with van der Waals surface area (Å²) in [6.07, 6.45) is 3.79. The lowest BCUT2D eigenvalue weighted by atomic mass is 10.1. The molecule has 0 aliphatic heterocycles. The minimum Gasteiger partial charge on any atom is -0.389 e. The van der Waals surface area contributed by atoms with E-state index in [0.29, 0.717) is 5.56 Å². The monoisotopic (exact) mass is 241 g/mol. The number of nitriles is 1. The summed E-state index contributed by atoms with van der Waals surface area (Å²) in [5.74, 6) is 0.909. The third-order valence-electron chi connectivity index (χ3n) is 2.90. The third-order valence-corrected chi connectivity index (χ3v) is 2.90. The number of nitrogens with zero attached hydrogens (tertiary/aromatic N) is 3. The van der Waals surface area contributed by atoms with Gasteiger partial charge in [-0.2, -0.15) is 5.26 Å². The number of hydrogen-bond donors (Lipinski definition) is 1. The summed E-state index contributed by atoms with van der Waals surface area (Å²) in [6, 6.07) is 7.40. The van der Waals surface area contributed by atoms with E-state index < -0.39 is 6.10 Å². The van der Waals surface area contributed by atoms with Crippen LogP contribution in [0.1, 0.15) is 36.9 Å². The van der Waals surface area contributed by atoms with Crippen molar-refractivity contribution in [3.63, 3.8) is 0 Å². The molecule has 0 saturated carbocycles. The first-order valence-corrected chi connectivity index (χ1v) is 5.92. The van der Waals surface area contributed by atoms with E-state index in [1.807, 2.05) is 17.7 Å². The van der Waals surface area contributed by atoms with Gasteiger partial charge in [0, 0.05) is 24.4 Å². The number of aryl methyl sites for hydroxylation is 1. The van der Waals surface area contributed by atoms with Gasteiger partial charge in [-0.25, -0.2) is 4.98 Å². The summed E-state index contributed by atoms with van der Waals surface area (Å²) in [5, 5.41) is 18.8. The SMILES string of the molecule is CCc1nccn1-c1cc(C#N)ccc1[C@H](C)O. The van der Waals surface area contributed by atoms with Gasteiger partial charge < -0.3 is 9.67 Å². The number of benzene rings is 1. The Morgan fingerprint density at radius 1 is 1.50 bits per heavy atom. The highest BCUT2D eigenvalue weighted by atomic mass is 16.3. The van der Waals surface area contributed by atoms with E-state index in [1.54, 1.807) is 31.3 Å². The van der Waals surface area contributed by atoms with Crippen LogP contribution in [0.15, 0.2) is 30.6 Å². The molecule has 18 heavy (non-hydrogen) atoms. The number of aliphatic hydroxyl groups excluding tert-OH is 1. The van der Waals surface area contributed by atoms with Crippen LogP contribution in [-0.2, 0) is 6.42 Å². The molecule has 0 fully saturated rings. The van der Waals surface area contributed by atoms with Crippen molar-refractivity contribution >= 4 is 0 Å². The van der Waals surface area contributed by atoms with Gasteiger partial charge in [-0.15, -0.1) is 0 Å². The Balaban J connectivity index is 2.64. The maximum atomic E-state index is 9.81. The Bertz CT molecular complexity index is 593. The summed E-state index contributed by atoms with van der Waals surface area (Å²) in [7, 11) is 0. The summed E-state index contributed by atoms with van der Waals surface area (Å²) in [4.78, 5) is 4.27. The van der Waals surface area contributed by atoms with E-state index in [2.05, 4.69) is 11.1 Å². The first-order chi connectivity index (χ1) is 8.67. The van der Waals surface area contributed by atoms with Gasteiger partial charge in [-0.05, 0) is 19.1 Å². The van der Waals surface area contributed by atoms with E-state index in [9.17, 15) is 5.11 Å². The lowest BCUT2D eigenvalue weighted by molar-refractivity contribution is 0.199. The number of aromatic nitrogens is 2. The highest BCUT2D eigenvalue weighted by Crippen LogP contribution is 2.24. The molecule has 1 aromatic carbocycles. The van der Waals surface area contributed by atoms with E-state index in [-0.39, 0.29) is 0 Å². The molecule has 1 aromatic heterocycles. The van der Waals surface area contributed by atoms with E-state index in [0.717, 1.165) is 23.5 Å². The van der Waals surface area contributed by atoms with Crippen LogP contribution in [0.4, 0.5) is 0 Å². The molecule has 2 aromatic rings. The van der Waals surface area contributed by atoms with Gasteiger partial charge in [-0.3, -0.25) is 0 Å². The molecule has 92 valence electrons. The van der Waals surface area contributed by atoms with Gasteiger partial charge >= 0.3 is 0 Å². The zero-order valence-corrected chi connectivity index (χ0v) is 10.5. The van der Waals surface area contributed by atoms with Gasteiger partial charge in [0.2, 0.25) is 0 Å². The molecule has 0 unspecified atom stereocenters. The second-order valence-electron chi connectivity index (χ2n) is 4.13. The average Bonchev–Trinajstić information content (AvgIpc) is 2.85. The lowest BCUT2D eigenvalue weighted by Crippen LogP contribution is -2.05. The molecule has 1 heterocycles. The van der Waals surface area contributed by atoms with Crippen LogP contribution in [0.2, 0.25) is 0 Å². The third kappa shape index (κ3) is 2.13. The normalized spacial score (nSPS) is 12.1. The predicted molar refractivity (Wildman–Crippen MR) is 68.3 cm³/mol. The minimum absolute atomic E-state index is 0.574. The molecule has 1 atom stereocenters. The van der Waals surface area contributed by atoms with Gasteiger partial charge in [0.05, 0.1) is 23.4 Å². The Kier molecular flexibility index (Phi) is 3.45. The molecule has 0 bridgehead atoms. The van der Waals surface area contributed by atoms with Gasteiger partial charge in [0.15, 0.2) is 0 Å². The second-order valence-corrected chi connectivity index (χ2v) is 4.13. The van der Waals surface area contributed by atoms with Crippen LogP contribution < -0.4 is 0 Å². The van der Waals surface area contributed by atoms with Crippen molar-refractivity contribution in [2.24, 2.45) is 0 Å². The van der Waals surface area contributed by atoms with E-state index in [4.69, 9.17) is 5.26 Å². The second kappa shape index (κ2) is 5.03. The minimum atomic E-state index is -0.583. The van der Waals surface area contributed by atoms with E-state index >= 15 is 0 Å². The Morgan fingerprint density at radius 2 is 2.28 bits per heavy atom. The zero-order chi connectivity index (χ0) is 13.1. The highest BCUT2D eigenvalue weighted by molar-refractivity contribution is 5.49. The largest absolute Gasteiger partial charge is 0.389 e. The lowest BCUT2D eigenvalue weighted by Gasteiger charge is -2.15. The van der Waals surface area contributed by atoms with Crippen molar-refractivity contribution < 1.29 is 5.11 Å². The molecule has 0 radical (unpaired) electrons. The smallest absolute Gasteiger partial charge is 0.112 e. The molecule has 2 rings (SSSR count). The summed E-state index contributed by atoms with van der Waals surface area (Å²) >= 11 is 0. The fraction of sp³-hybridized carbons (Fsp3) is 0.286. The number of hydrogen-bond acceptors (Lipinski definition) is 3. The van der Waals surface area contributed by atoms with Crippen LogP contribution in [0.3, 0.4) is 0 Å². The van der Waals surface area contributed by atoms with Crippen molar-refractivity contribution in [3.8, 4) is 11.8 Å². The molecule has 4 nitrogen and oxygen atoms in total. The Labute approximate surface area is 106 Å². The van der Waals surface area contributed by atoms with Crippen molar-refractivity contribution in [1.29, 1.82) is 5.26 Å². The first kappa shape index (κ1) is 12.3. The van der Waals surface area contributed by atoms with Crippen molar-refractivity contribution in [1.82, 2.24) is 9.55 Å². The molecule has 0 aliphatic rings. The maximum Gasteiger partial charge on any atom is 0.112 e. The summed E-state index contributed by atoms with van der Waals surface area (Å²) in [5.41, 5.74) is 2.19. The molecular weight excluding hydrogens is 226 g/mol. The highest BCUT2D eigenvalue weighted by Gasteiger charge is 2.12. The molecule has 0 saturated heterocycles. The van der Waals surface area contributed by atoms with Crippen molar-refractivity contribution in [2.75, 3.05) is 0 Å². The topological polar surface area (TPSA) is 61.8 Å². The quantitative estimate of drug-likeness (QED) is 0.897. The Hall–Kier alpha value is -2.12. The summed E-state index contributed by atoms with van der Waals surface area (Å²) < 4.78 is 1.92. The molecule has 0 spiro atoms. The number of aliphatic hydroxyl groups is 1. The molecule has 4 heteroatoms. The fourth-order valence-electron chi connectivity index (χ4n) is 1.99. The average molecular weight is 241 g/mol. The van der Waals surface area contributed by atoms with Crippen LogP contribution in [0, 0.1) is 11.3 Å². The van der Waals surface area contributed by atoms with Crippen LogP contribution >= 0.6 is 0 Å². The van der Waals surface area contributed by atoms with Gasteiger partial charge in [0.1, 0.15) is 5.82 Å². The van der Waals surface area contributed by atoms with Gasteiger partial charge in [-0.1, -0.05) is 13.0 Å². The van der Waals surface area contributed by atoms with Crippen LogP contribution in [0.25, 0.3) is 5.69 Å². The number of imidazole rings is 1. The predicted octanol–water partition coefficient (Wildman–Crippen LogP) is 2.36. The van der Waals surface area contributed by atoms with Crippen LogP contribution in [-0.4, -0.2) is 14.7 Å². The van der Waals surface area contributed by atoms with Crippen LogP contribution in [0.5, 0.6) is 0 Å². The van der Waals surface area contributed by atoms with Gasteiger partial charge in [0.25, 0.3) is 0 Å².